The fourth-order valence-electron chi connectivity index (χ4n) is 1.58. The summed E-state index contributed by atoms with van der Waals surface area (Å²) in [6.07, 6.45) is 1.85. The zero-order chi connectivity index (χ0) is 11.8. The molecule has 1 amide bonds. The molecule has 0 radical (unpaired) electrons. The minimum Gasteiger partial charge on any atom is -0.344 e. The molecular formula is C11H17N3OS. The molecule has 88 valence electrons. The number of thiazole rings is 1. The predicted octanol–water partition coefficient (Wildman–Crippen LogP) is 1.02. The maximum absolute atomic E-state index is 11.8. The summed E-state index contributed by atoms with van der Waals surface area (Å²) in [5.74, 6) is 0.247. The highest BCUT2D eigenvalue weighted by Gasteiger charge is 2.31. The van der Waals surface area contributed by atoms with E-state index in [4.69, 9.17) is 0 Å². The number of hydrogen-bond acceptors (Lipinski definition) is 4. The smallest absolute Gasteiger partial charge is 0.226 e. The van der Waals surface area contributed by atoms with Crippen LogP contribution >= 0.6 is 11.3 Å². The van der Waals surface area contributed by atoms with Gasteiger partial charge in [-0.15, -0.1) is 11.3 Å². The van der Waals surface area contributed by atoms with E-state index in [9.17, 15) is 4.79 Å². The van der Waals surface area contributed by atoms with Crippen LogP contribution in [0, 0.1) is 12.8 Å². The minimum atomic E-state index is -0.369. The van der Waals surface area contributed by atoms with E-state index in [-0.39, 0.29) is 17.4 Å². The van der Waals surface area contributed by atoms with E-state index in [0.717, 1.165) is 18.1 Å². The van der Waals surface area contributed by atoms with Gasteiger partial charge in [0.15, 0.2) is 0 Å². The average Bonchev–Trinajstić information content (AvgIpc) is 2.47. The number of nitrogens with zero attached hydrogens (tertiary/aromatic N) is 1. The van der Waals surface area contributed by atoms with Crippen molar-refractivity contribution in [2.45, 2.75) is 26.3 Å². The second kappa shape index (κ2) is 4.14. The molecule has 0 saturated carbocycles. The Bertz CT molecular complexity index is 396. The molecule has 1 aliphatic rings. The van der Waals surface area contributed by atoms with Crippen LogP contribution in [0.25, 0.3) is 0 Å². The molecular weight excluding hydrogens is 222 g/mol. The molecule has 4 nitrogen and oxygen atoms in total. The van der Waals surface area contributed by atoms with Gasteiger partial charge in [0.1, 0.15) is 5.01 Å². The van der Waals surface area contributed by atoms with Crippen LogP contribution in [0.1, 0.15) is 23.7 Å². The van der Waals surface area contributed by atoms with E-state index in [0.29, 0.717) is 0 Å². The number of rotatable bonds is 3. The predicted molar refractivity (Wildman–Crippen MR) is 64.4 cm³/mol. The highest BCUT2D eigenvalue weighted by molar-refractivity contribution is 7.11. The first kappa shape index (κ1) is 11.5. The van der Waals surface area contributed by atoms with Gasteiger partial charge in [0, 0.05) is 24.2 Å². The van der Waals surface area contributed by atoms with Gasteiger partial charge in [0.2, 0.25) is 5.91 Å². The molecule has 0 unspecified atom stereocenters. The van der Waals surface area contributed by atoms with E-state index >= 15 is 0 Å². The summed E-state index contributed by atoms with van der Waals surface area (Å²) in [4.78, 5) is 17.3. The Morgan fingerprint density at radius 3 is 2.75 bits per heavy atom. The Hall–Kier alpha value is -0.940. The molecule has 1 aromatic rings. The van der Waals surface area contributed by atoms with Crippen molar-refractivity contribution < 1.29 is 4.79 Å². The number of carbonyl (C=O) groups is 1. The molecule has 16 heavy (non-hydrogen) atoms. The lowest BCUT2D eigenvalue weighted by atomic mass is 9.99. The first-order chi connectivity index (χ1) is 7.49. The lowest BCUT2D eigenvalue weighted by Gasteiger charge is -2.31. The summed E-state index contributed by atoms with van der Waals surface area (Å²) in [5, 5.41) is 7.12. The highest BCUT2D eigenvalue weighted by Crippen LogP contribution is 2.25. The van der Waals surface area contributed by atoms with Crippen LogP contribution in [0.2, 0.25) is 0 Å². The monoisotopic (exact) mass is 239 g/mol. The third-order valence-corrected chi connectivity index (χ3v) is 3.98. The van der Waals surface area contributed by atoms with E-state index in [1.54, 1.807) is 11.3 Å². The molecule has 2 heterocycles. The standard InChI is InChI=1S/C11H17N3OS/c1-7-4-13-10(16-7)11(2,3)14-9(15)8-5-12-6-8/h4,8,12H,5-6H2,1-3H3,(H,14,15). The summed E-state index contributed by atoms with van der Waals surface area (Å²) >= 11 is 1.63. The lowest BCUT2D eigenvalue weighted by Crippen LogP contribution is -2.54. The van der Waals surface area contributed by atoms with E-state index in [1.807, 2.05) is 27.0 Å². The number of nitrogens with one attached hydrogen (secondary N) is 2. The van der Waals surface area contributed by atoms with Crippen molar-refractivity contribution >= 4 is 17.2 Å². The summed E-state index contributed by atoms with van der Waals surface area (Å²) < 4.78 is 0. The summed E-state index contributed by atoms with van der Waals surface area (Å²) in [5.41, 5.74) is -0.369. The third-order valence-electron chi connectivity index (χ3n) is 2.74. The molecule has 5 heteroatoms. The third kappa shape index (κ3) is 2.25. The van der Waals surface area contributed by atoms with Crippen LogP contribution in [0.4, 0.5) is 0 Å². The van der Waals surface area contributed by atoms with Crippen molar-refractivity contribution in [1.29, 1.82) is 0 Å². The van der Waals surface area contributed by atoms with Crippen molar-refractivity contribution in [3.8, 4) is 0 Å². The molecule has 2 N–H and O–H groups in total. The van der Waals surface area contributed by atoms with Crippen LogP contribution in [0.15, 0.2) is 6.20 Å². The average molecular weight is 239 g/mol. The number of amides is 1. The maximum Gasteiger partial charge on any atom is 0.226 e. The Balaban J connectivity index is 2.04. The van der Waals surface area contributed by atoms with Crippen molar-refractivity contribution in [3.63, 3.8) is 0 Å². The number of aryl methyl sites for hydroxylation is 1. The zero-order valence-corrected chi connectivity index (χ0v) is 10.6. The summed E-state index contributed by atoms with van der Waals surface area (Å²) in [7, 11) is 0. The number of hydrogen-bond donors (Lipinski definition) is 2. The van der Waals surface area contributed by atoms with Crippen molar-refractivity contribution in [3.05, 3.63) is 16.1 Å². The maximum atomic E-state index is 11.8. The van der Waals surface area contributed by atoms with Crippen molar-refractivity contribution in [1.82, 2.24) is 15.6 Å². The molecule has 1 aromatic heterocycles. The van der Waals surface area contributed by atoms with Gasteiger partial charge in [-0.2, -0.15) is 0 Å². The Morgan fingerprint density at radius 1 is 1.62 bits per heavy atom. The molecule has 1 saturated heterocycles. The first-order valence-electron chi connectivity index (χ1n) is 5.45. The van der Waals surface area contributed by atoms with Crippen LogP contribution in [-0.2, 0) is 10.3 Å². The van der Waals surface area contributed by atoms with E-state index in [2.05, 4.69) is 15.6 Å². The van der Waals surface area contributed by atoms with Gasteiger partial charge >= 0.3 is 0 Å². The van der Waals surface area contributed by atoms with E-state index < -0.39 is 0 Å². The van der Waals surface area contributed by atoms with Crippen molar-refractivity contribution in [2.24, 2.45) is 5.92 Å². The van der Waals surface area contributed by atoms with Crippen molar-refractivity contribution in [2.75, 3.05) is 13.1 Å². The van der Waals surface area contributed by atoms with E-state index in [1.165, 1.54) is 4.88 Å². The Kier molecular flexibility index (Phi) is 2.99. The van der Waals surface area contributed by atoms with Gasteiger partial charge in [0.25, 0.3) is 0 Å². The molecule has 0 aromatic carbocycles. The van der Waals surface area contributed by atoms with Gasteiger partial charge in [-0.1, -0.05) is 0 Å². The minimum absolute atomic E-state index is 0.122. The zero-order valence-electron chi connectivity index (χ0n) is 9.83. The first-order valence-corrected chi connectivity index (χ1v) is 6.26. The fourth-order valence-corrected chi connectivity index (χ4v) is 2.40. The van der Waals surface area contributed by atoms with Crippen LogP contribution < -0.4 is 10.6 Å². The fraction of sp³-hybridized carbons (Fsp3) is 0.636. The quantitative estimate of drug-likeness (QED) is 0.828. The molecule has 1 fully saturated rings. The number of carbonyl (C=O) groups excluding carboxylic acids is 1. The largest absolute Gasteiger partial charge is 0.344 e. The highest BCUT2D eigenvalue weighted by atomic mass is 32.1. The van der Waals surface area contributed by atoms with Gasteiger partial charge in [0.05, 0.1) is 11.5 Å². The molecule has 1 aliphatic heterocycles. The van der Waals surface area contributed by atoms with Gasteiger partial charge < -0.3 is 10.6 Å². The second-order valence-electron chi connectivity index (χ2n) is 4.75. The topological polar surface area (TPSA) is 54.0 Å². The van der Waals surface area contributed by atoms with Crippen LogP contribution in [0.3, 0.4) is 0 Å². The molecule has 0 spiro atoms. The second-order valence-corrected chi connectivity index (χ2v) is 5.98. The van der Waals surface area contributed by atoms with Gasteiger partial charge in [-0.25, -0.2) is 4.98 Å². The molecule has 0 aliphatic carbocycles. The summed E-state index contributed by atoms with van der Waals surface area (Å²) in [6, 6.07) is 0. The number of aromatic nitrogens is 1. The lowest BCUT2D eigenvalue weighted by molar-refractivity contribution is -0.128. The van der Waals surface area contributed by atoms with Crippen LogP contribution in [0.5, 0.6) is 0 Å². The van der Waals surface area contributed by atoms with Crippen LogP contribution in [-0.4, -0.2) is 24.0 Å². The molecule has 0 bridgehead atoms. The summed E-state index contributed by atoms with van der Waals surface area (Å²) in [6.45, 7) is 7.59. The van der Waals surface area contributed by atoms with Gasteiger partial charge in [-0.3, -0.25) is 4.79 Å². The normalized spacial score (nSPS) is 16.9. The molecule has 0 atom stereocenters. The Labute approximate surface area is 99.5 Å². The van der Waals surface area contributed by atoms with Gasteiger partial charge in [-0.05, 0) is 20.8 Å². The SMILES string of the molecule is Cc1cnc(C(C)(C)NC(=O)C2CNC2)s1. The molecule has 2 rings (SSSR count). The Morgan fingerprint density at radius 2 is 2.31 bits per heavy atom.